The first-order valence-electron chi connectivity index (χ1n) is 8.06. The van der Waals surface area contributed by atoms with Gasteiger partial charge in [-0.15, -0.1) is 0 Å². The van der Waals surface area contributed by atoms with Gasteiger partial charge in [0.15, 0.2) is 0 Å². The summed E-state index contributed by atoms with van der Waals surface area (Å²) in [6.45, 7) is 3.65. The van der Waals surface area contributed by atoms with Crippen LogP contribution in [-0.4, -0.2) is 16.7 Å². The normalized spacial score (nSPS) is 13.4. The maximum Gasteiger partial charge on any atom is 0.270 e. The number of rotatable bonds is 2. The average molecular weight is 346 g/mol. The van der Waals surface area contributed by atoms with E-state index in [0.717, 1.165) is 16.0 Å². The number of amides is 2. The van der Waals surface area contributed by atoms with Gasteiger partial charge >= 0.3 is 0 Å². The van der Waals surface area contributed by atoms with Gasteiger partial charge in [-0.25, -0.2) is 4.90 Å². The van der Waals surface area contributed by atoms with Crippen LogP contribution in [0.25, 0.3) is 10.8 Å². The summed E-state index contributed by atoms with van der Waals surface area (Å²) in [6, 6.07) is 13.1. The number of carbonyl (C=O) groups excluding carboxylic acids is 2. The molecule has 0 fully saturated rings. The predicted octanol–water partition coefficient (Wildman–Crippen LogP) is 4.17. The van der Waals surface area contributed by atoms with Crippen molar-refractivity contribution in [1.29, 1.82) is 0 Å². The second kappa shape index (κ2) is 5.49. The van der Waals surface area contributed by atoms with Crippen LogP contribution in [0.4, 0.5) is 11.4 Å². The number of anilines is 1. The number of hydrogen-bond acceptors (Lipinski definition) is 4. The quantitative estimate of drug-likeness (QED) is 0.396. The lowest BCUT2D eigenvalue weighted by Crippen LogP contribution is -2.41. The number of para-hydroxylation sites is 1. The summed E-state index contributed by atoms with van der Waals surface area (Å²) in [7, 11) is 0. The minimum Gasteiger partial charge on any atom is -0.268 e. The van der Waals surface area contributed by atoms with E-state index in [1.54, 1.807) is 18.2 Å². The lowest BCUT2D eigenvalue weighted by Gasteiger charge is -2.29. The van der Waals surface area contributed by atoms with E-state index < -0.39 is 16.7 Å². The number of hydrogen-bond donors (Lipinski definition) is 0. The predicted molar refractivity (Wildman–Crippen MR) is 97.7 cm³/mol. The van der Waals surface area contributed by atoms with Crippen molar-refractivity contribution in [3.8, 4) is 0 Å². The fourth-order valence-electron chi connectivity index (χ4n) is 3.56. The molecule has 0 unspecified atom stereocenters. The number of nitro benzene ring substituents is 1. The largest absolute Gasteiger partial charge is 0.270 e. The molecule has 1 heterocycles. The number of nitrogens with zero attached hydrogens (tertiary/aromatic N) is 2. The first-order chi connectivity index (χ1) is 12.4. The van der Waals surface area contributed by atoms with E-state index in [9.17, 15) is 19.7 Å². The van der Waals surface area contributed by atoms with Crippen LogP contribution in [0.2, 0.25) is 0 Å². The first kappa shape index (κ1) is 16.0. The summed E-state index contributed by atoms with van der Waals surface area (Å²) in [5, 5.41) is 12.2. The Morgan fingerprint density at radius 3 is 2.15 bits per heavy atom. The van der Waals surface area contributed by atoms with E-state index in [1.165, 1.54) is 12.1 Å². The van der Waals surface area contributed by atoms with Crippen LogP contribution in [0.1, 0.15) is 31.8 Å². The second-order valence-electron chi connectivity index (χ2n) is 6.34. The molecule has 0 saturated heterocycles. The van der Waals surface area contributed by atoms with Crippen LogP contribution < -0.4 is 4.90 Å². The average Bonchev–Trinajstić information content (AvgIpc) is 2.61. The molecule has 0 radical (unpaired) electrons. The van der Waals surface area contributed by atoms with Crippen LogP contribution in [0, 0.1) is 24.0 Å². The fraction of sp³-hybridized carbons (Fsp3) is 0.100. The van der Waals surface area contributed by atoms with Crippen molar-refractivity contribution < 1.29 is 14.5 Å². The van der Waals surface area contributed by atoms with Gasteiger partial charge in [0.1, 0.15) is 0 Å². The molecule has 128 valence electrons. The smallest absolute Gasteiger partial charge is 0.268 e. The van der Waals surface area contributed by atoms with Crippen molar-refractivity contribution in [3.05, 3.63) is 80.9 Å². The molecule has 3 aromatic carbocycles. The Morgan fingerprint density at radius 2 is 1.50 bits per heavy atom. The molecule has 0 saturated carbocycles. The van der Waals surface area contributed by atoms with Crippen molar-refractivity contribution in [2.24, 2.45) is 0 Å². The summed E-state index contributed by atoms with van der Waals surface area (Å²) in [6.07, 6.45) is 0. The number of non-ortho nitro benzene ring substituents is 1. The fourth-order valence-corrected chi connectivity index (χ4v) is 3.56. The van der Waals surface area contributed by atoms with Crippen LogP contribution in [0.3, 0.4) is 0 Å². The van der Waals surface area contributed by atoms with Gasteiger partial charge < -0.3 is 0 Å². The SMILES string of the molecule is Cc1cccc(C)c1N1C(=O)c2cccc3cc([N+](=O)[O-])cc(c23)C1=O. The van der Waals surface area contributed by atoms with Crippen molar-refractivity contribution in [3.63, 3.8) is 0 Å². The third kappa shape index (κ3) is 2.12. The lowest BCUT2D eigenvalue weighted by atomic mass is 9.92. The summed E-state index contributed by atoms with van der Waals surface area (Å²) in [4.78, 5) is 38.1. The molecule has 3 aromatic rings. The summed E-state index contributed by atoms with van der Waals surface area (Å²) in [5.74, 6) is -0.959. The summed E-state index contributed by atoms with van der Waals surface area (Å²) < 4.78 is 0. The topological polar surface area (TPSA) is 80.5 Å². The Kier molecular flexibility index (Phi) is 3.37. The van der Waals surface area contributed by atoms with E-state index in [-0.39, 0.29) is 11.3 Å². The van der Waals surface area contributed by atoms with Gasteiger partial charge in [0.2, 0.25) is 0 Å². The third-order valence-corrected chi connectivity index (χ3v) is 4.70. The zero-order valence-electron chi connectivity index (χ0n) is 14.1. The maximum atomic E-state index is 13.2. The van der Waals surface area contributed by atoms with Gasteiger partial charge in [0, 0.05) is 23.1 Å². The van der Waals surface area contributed by atoms with Crippen LogP contribution in [-0.2, 0) is 0 Å². The summed E-state index contributed by atoms with van der Waals surface area (Å²) >= 11 is 0. The van der Waals surface area contributed by atoms with Gasteiger partial charge in [-0.05, 0) is 36.4 Å². The Labute approximate surface area is 148 Å². The van der Waals surface area contributed by atoms with Crippen molar-refractivity contribution in [1.82, 2.24) is 0 Å². The van der Waals surface area contributed by atoms with Gasteiger partial charge in [-0.3, -0.25) is 19.7 Å². The molecular formula is C20H14N2O4. The van der Waals surface area contributed by atoms with Crippen LogP contribution in [0.5, 0.6) is 0 Å². The zero-order chi connectivity index (χ0) is 18.6. The minimum atomic E-state index is -0.542. The first-order valence-corrected chi connectivity index (χ1v) is 8.06. The highest BCUT2D eigenvalue weighted by molar-refractivity contribution is 6.36. The number of benzene rings is 3. The number of carbonyl (C=O) groups is 2. The molecule has 4 rings (SSSR count). The number of nitro groups is 1. The molecule has 0 spiro atoms. The second-order valence-corrected chi connectivity index (χ2v) is 6.34. The van der Waals surface area contributed by atoms with Gasteiger partial charge in [-0.1, -0.05) is 30.3 Å². The van der Waals surface area contributed by atoms with E-state index >= 15 is 0 Å². The Balaban J connectivity index is 2.05. The van der Waals surface area contributed by atoms with E-state index in [1.807, 2.05) is 32.0 Å². The molecule has 1 aliphatic rings. The Morgan fingerprint density at radius 1 is 0.885 bits per heavy atom. The number of imide groups is 1. The van der Waals surface area contributed by atoms with Crippen LogP contribution >= 0.6 is 0 Å². The molecule has 0 N–H and O–H groups in total. The molecular weight excluding hydrogens is 332 g/mol. The molecule has 26 heavy (non-hydrogen) atoms. The zero-order valence-corrected chi connectivity index (χ0v) is 14.1. The van der Waals surface area contributed by atoms with E-state index in [4.69, 9.17) is 0 Å². The number of aryl methyl sites for hydroxylation is 2. The standard InChI is InChI=1S/C20H14N2O4/c1-11-5-3-6-12(2)18(11)21-19(23)15-8-4-7-13-9-14(22(25)26)10-16(17(13)15)20(21)24/h3-10H,1-2H3. The van der Waals surface area contributed by atoms with Crippen LogP contribution in [0.15, 0.2) is 48.5 Å². The highest BCUT2D eigenvalue weighted by atomic mass is 16.6. The van der Waals surface area contributed by atoms with Gasteiger partial charge in [-0.2, -0.15) is 0 Å². The van der Waals surface area contributed by atoms with Gasteiger partial charge in [0.05, 0.1) is 16.2 Å². The van der Waals surface area contributed by atoms with E-state index in [0.29, 0.717) is 22.0 Å². The molecule has 6 nitrogen and oxygen atoms in total. The lowest BCUT2D eigenvalue weighted by molar-refractivity contribution is -0.384. The monoisotopic (exact) mass is 346 g/mol. The molecule has 0 bridgehead atoms. The molecule has 1 aliphatic heterocycles. The van der Waals surface area contributed by atoms with Crippen molar-refractivity contribution in [2.75, 3.05) is 4.90 Å². The molecule has 2 amide bonds. The molecule has 0 aromatic heterocycles. The molecule has 0 atom stereocenters. The Hall–Kier alpha value is -3.54. The van der Waals surface area contributed by atoms with Crippen molar-refractivity contribution in [2.45, 2.75) is 13.8 Å². The third-order valence-electron chi connectivity index (χ3n) is 4.70. The molecule has 6 heteroatoms. The van der Waals surface area contributed by atoms with Crippen molar-refractivity contribution >= 4 is 34.0 Å². The highest BCUT2D eigenvalue weighted by Gasteiger charge is 2.36. The Bertz CT molecular complexity index is 1110. The highest BCUT2D eigenvalue weighted by Crippen LogP contribution is 2.37. The van der Waals surface area contributed by atoms with Gasteiger partial charge in [0.25, 0.3) is 17.5 Å². The maximum absolute atomic E-state index is 13.2. The van der Waals surface area contributed by atoms with E-state index in [2.05, 4.69) is 0 Å². The summed E-state index contributed by atoms with van der Waals surface area (Å²) in [5.41, 5.74) is 2.47. The molecule has 0 aliphatic carbocycles. The minimum absolute atomic E-state index is 0.172.